The van der Waals surface area contributed by atoms with Gasteiger partial charge in [-0.25, -0.2) is 18.0 Å². The number of amides is 1. The topological polar surface area (TPSA) is 128 Å². The number of benzene rings is 2. The molecule has 172 valence electrons. The van der Waals surface area contributed by atoms with Crippen LogP contribution in [-0.4, -0.2) is 59.9 Å². The van der Waals surface area contributed by atoms with Gasteiger partial charge in [0.25, 0.3) is 5.91 Å². The highest BCUT2D eigenvalue weighted by Crippen LogP contribution is 2.23. The maximum Gasteiger partial charge on any atom is 0.339 e. The van der Waals surface area contributed by atoms with Crippen LogP contribution in [0, 0.1) is 0 Å². The van der Waals surface area contributed by atoms with E-state index in [0.717, 1.165) is 10.6 Å². The first-order chi connectivity index (χ1) is 15.0. The normalized spacial score (nSPS) is 11.8. The molecule has 10 nitrogen and oxygen atoms in total. The van der Waals surface area contributed by atoms with Crippen LogP contribution in [0.4, 0.5) is 11.4 Å². The van der Waals surface area contributed by atoms with Crippen LogP contribution < -0.4 is 14.4 Å². The Hall–Kier alpha value is -3.60. The SMILES string of the molecule is COC(=O)c1ccc(C(=O)OC)c(NC(=O)[C@H](C)Oc2ccc(N(C)S(C)(=O)=O)cc2)c1. The molecule has 0 aromatic heterocycles. The molecule has 0 aliphatic carbocycles. The smallest absolute Gasteiger partial charge is 0.339 e. The molecule has 0 aliphatic heterocycles. The van der Waals surface area contributed by atoms with Crippen molar-refractivity contribution in [3.05, 3.63) is 53.6 Å². The van der Waals surface area contributed by atoms with Crippen molar-refractivity contribution in [2.75, 3.05) is 37.1 Å². The summed E-state index contributed by atoms with van der Waals surface area (Å²) in [6.45, 7) is 1.49. The first-order valence-electron chi connectivity index (χ1n) is 9.30. The van der Waals surface area contributed by atoms with Crippen LogP contribution in [0.5, 0.6) is 5.75 Å². The number of carbonyl (C=O) groups excluding carboxylic acids is 3. The predicted molar refractivity (Wildman–Crippen MR) is 118 cm³/mol. The van der Waals surface area contributed by atoms with Gasteiger partial charge in [0, 0.05) is 7.05 Å². The van der Waals surface area contributed by atoms with Gasteiger partial charge in [-0.15, -0.1) is 0 Å². The minimum absolute atomic E-state index is 0.0499. The fourth-order valence-electron chi connectivity index (χ4n) is 2.60. The molecule has 1 amide bonds. The molecule has 0 heterocycles. The van der Waals surface area contributed by atoms with Crippen molar-refractivity contribution < 1.29 is 37.0 Å². The Balaban J connectivity index is 2.18. The summed E-state index contributed by atoms with van der Waals surface area (Å²) in [7, 11) is 0.417. The average molecular weight is 464 g/mol. The molecule has 0 saturated carbocycles. The van der Waals surface area contributed by atoms with E-state index in [2.05, 4.69) is 10.1 Å². The number of hydrogen-bond donors (Lipinski definition) is 1. The van der Waals surface area contributed by atoms with E-state index in [-0.39, 0.29) is 16.8 Å². The minimum atomic E-state index is -3.41. The van der Waals surface area contributed by atoms with E-state index in [4.69, 9.17) is 9.47 Å². The zero-order valence-corrected chi connectivity index (χ0v) is 19.1. The number of carbonyl (C=O) groups is 3. The fourth-order valence-corrected chi connectivity index (χ4v) is 3.10. The summed E-state index contributed by atoms with van der Waals surface area (Å²) in [6.07, 6.45) is 0.0995. The van der Waals surface area contributed by atoms with E-state index >= 15 is 0 Å². The first kappa shape index (κ1) is 24.7. The lowest BCUT2D eigenvalue weighted by atomic mass is 10.1. The lowest BCUT2D eigenvalue weighted by molar-refractivity contribution is -0.122. The van der Waals surface area contributed by atoms with Gasteiger partial charge in [-0.3, -0.25) is 9.10 Å². The van der Waals surface area contributed by atoms with E-state index in [1.165, 1.54) is 70.7 Å². The molecule has 0 saturated heterocycles. The van der Waals surface area contributed by atoms with Crippen LogP contribution in [-0.2, 0) is 24.3 Å². The number of esters is 2. The molecule has 11 heteroatoms. The Morgan fingerprint density at radius 2 is 1.56 bits per heavy atom. The second-order valence-electron chi connectivity index (χ2n) is 6.72. The molecule has 1 N–H and O–H groups in total. The van der Waals surface area contributed by atoms with Crippen molar-refractivity contribution in [3.63, 3.8) is 0 Å². The standard InChI is InChI=1S/C21H24N2O8S/c1-13(31-16-9-7-15(8-10-16)23(2)32(5,27)28)19(24)22-18-12-14(20(25)29-3)6-11-17(18)21(26)30-4/h6-13H,1-5H3,(H,22,24)/t13-/m0/s1. The molecule has 2 aromatic rings. The van der Waals surface area contributed by atoms with Gasteiger partial charge in [0.15, 0.2) is 6.10 Å². The molecule has 0 aliphatic rings. The Kier molecular flexibility index (Phi) is 7.82. The maximum atomic E-state index is 12.6. The van der Waals surface area contributed by atoms with Crippen LogP contribution in [0.3, 0.4) is 0 Å². The Labute approximate surface area is 186 Å². The van der Waals surface area contributed by atoms with E-state index in [0.29, 0.717) is 11.4 Å². The van der Waals surface area contributed by atoms with Gasteiger partial charge in [0.05, 0.1) is 43.0 Å². The highest BCUT2D eigenvalue weighted by atomic mass is 32.2. The third-order valence-electron chi connectivity index (χ3n) is 4.48. The second kappa shape index (κ2) is 10.1. The quantitative estimate of drug-likeness (QED) is 0.588. The van der Waals surface area contributed by atoms with Gasteiger partial charge in [-0.05, 0) is 49.4 Å². The van der Waals surface area contributed by atoms with Gasteiger partial charge in [-0.1, -0.05) is 0 Å². The van der Waals surface area contributed by atoms with Gasteiger partial charge < -0.3 is 19.5 Å². The maximum absolute atomic E-state index is 12.6. The number of hydrogen-bond acceptors (Lipinski definition) is 8. The molecule has 0 fully saturated rings. The van der Waals surface area contributed by atoms with Gasteiger partial charge in [0.1, 0.15) is 5.75 Å². The monoisotopic (exact) mass is 464 g/mol. The van der Waals surface area contributed by atoms with E-state index in [9.17, 15) is 22.8 Å². The van der Waals surface area contributed by atoms with Crippen molar-refractivity contribution in [2.45, 2.75) is 13.0 Å². The van der Waals surface area contributed by atoms with E-state index in [1.54, 1.807) is 0 Å². The lowest BCUT2D eigenvalue weighted by Gasteiger charge is -2.19. The predicted octanol–water partition coefficient (Wildman–Crippen LogP) is 2.06. The Morgan fingerprint density at radius 3 is 2.09 bits per heavy atom. The highest BCUT2D eigenvalue weighted by Gasteiger charge is 2.21. The average Bonchev–Trinajstić information content (AvgIpc) is 2.77. The number of nitrogens with zero attached hydrogens (tertiary/aromatic N) is 1. The summed E-state index contributed by atoms with van der Waals surface area (Å²) in [6, 6.07) is 10.2. The third kappa shape index (κ3) is 5.97. The molecule has 2 rings (SSSR count). The number of nitrogens with one attached hydrogen (secondary N) is 1. The molecule has 32 heavy (non-hydrogen) atoms. The molecule has 0 spiro atoms. The summed E-state index contributed by atoms with van der Waals surface area (Å²) in [5.41, 5.74) is 0.674. The van der Waals surface area contributed by atoms with E-state index in [1.807, 2.05) is 0 Å². The summed E-state index contributed by atoms with van der Waals surface area (Å²) in [4.78, 5) is 36.5. The van der Waals surface area contributed by atoms with Gasteiger partial charge in [0.2, 0.25) is 10.0 Å². The highest BCUT2D eigenvalue weighted by molar-refractivity contribution is 7.92. The first-order valence-corrected chi connectivity index (χ1v) is 11.1. The largest absolute Gasteiger partial charge is 0.481 e. The molecule has 0 unspecified atom stereocenters. The van der Waals surface area contributed by atoms with Crippen LogP contribution in [0.2, 0.25) is 0 Å². The molecule has 0 bridgehead atoms. The van der Waals surface area contributed by atoms with E-state index < -0.39 is 34.0 Å². The molecule has 2 aromatic carbocycles. The Morgan fingerprint density at radius 1 is 0.969 bits per heavy atom. The lowest BCUT2D eigenvalue weighted by Crippen LogP contribution is -2.31. The second-order valence-corrected chi connectivity index (χ2v) is 8.73. The number of methoxy groups -OCH3 is 2. The molecule has 0 radical (unpaired) electrons. The van der Waals surface area contributed by atoms with Crippen LogP contribution in [0.1, 0.15) is 27.6 Å². The minimum Gasteiger partial charge on any atom is -0.481 e. The molecular weight excluding hydrogens is 440 g/mol. The van der Waals surface area contributed by atoms with Crippen molar-refractivity contribution in [1.29, 1.82) is 0 Å². The summed E-state index contributed by atoms with van der Waals surface area (Å²) < 4.78 is 39.3. The number of ether oxygens (including phenoxy) is 3. The van der Waals surface area contributed by atoms with Crippen LogP contribution in [0.15, 0.2) is 42.5 Å². The third-order valence-corrected chi connectivity index (χ3v) is 5.69. The summed E-state index contributed by atoms with van der Waals surface area (Å²) in [5.74, 6) is -1.60. The summed E-state index contributed by atoms with van der Waals surface area (Å²) >= 11 is 0. The van der Waals surface area contributed by atoms with Crippen molar-refractivity contribution in [1.82, 2.24) is 0 Å². The molecular formula is C21H24N2O8S. The van der Waals surface area contributed by atoms with Crippen molar-refractivity contribution in [3.8, 4) is 5.75 Å². The van der Waals surface area contributed by atoms with Gasteiger partial charge in [-0.2, -0.15) is 0 Å². The Bertz CT molecular complexity index is 1110. The van der Waals surface area contributed by atoms with Crippen LogP contribution in [0.25, 0.3) is 0 Å². The number of anilines is 2. The number of rotatable bonds is 8. The van der Waals surface area contributed by atoms with Crippen molar-refractivity contribution >= 4 is 39.2 Å². The zero-order chi connectivity index (χ0) is 24.1. The summed E-state index contributed by atoms with van der Waals surface area (Å²) in [5, 5.41) is 2.55. The zero-order valence-electron chi connectivity index (χ0n) is 18.2. The van der Waals surface area contributed by atoms with Crippen LogP contribution >= 0.6 is 0 Å². The fraction of sp³-hybridized carbons (Fsp3) is 0.286. The van der Waals surface area contributed by atoms with Crippen molar-refractivity contribution in [2.24, 2.45) is 0 Å². The number of sulfonamides is 1. The molecule has 1 atom stereocenters. The van der Waals surface area contributed by atoms with Gasteiger partial charge >= 0.3 is 11.9 Å².